The number of nitrogens with one attached hydrogen (secondary N) is 2. The molecule has 0 aliphatic carbocycles. The number of rotatable bonds is 7. The standard InChI is InChI=1S/C23H31F2N3O5S/c1-13-5-6-17(24)15(11-13)19(27-34(32)23(2,3)4)18(25)12-16-20(29)26-22(31)28(21(16)30)14-7-9-33-10-8-14/h5-6,11,14,16,18-19,27H,7-10,12H2,1-4H3,(H,26,29,31)/t16?,18-,19-,34?/m1/s1. The molecule has 2 aliphatic heterocycles. The summed E-state index contributed by atoms with van der Waals surface area (Å²) >= 11 is -1.76. The van der Waals surface area contributed by atoms with Crippen molar-refractivity contribution in [3.63, 3.8) is 0 Å². The zero-order chi connectivity index (χ0) is 25.2. The van der Waals surface area contributed by atoms with Gasteiger partial charge < -0.3 is 9.29 Å². The molecule has 8 nitrogen and oxygen atoms in total. The Bertz CT molecular complexity index is 936. The fraction of sp³-hybridized carbons (Fsp3) is 0.609. The van der Waals surface area contributed by atoms with Gasteiger partial charge in [-0.1, -0.05) is 17.7 Å². The van der Waals surface area contributed by atoms with E-state index >= 15 is 4.39 Å². The Labute approximate surface area is 201 Å². The van der Waals surface area contributed by atoms with Gasteiger partial charge in [0.05, 0.1) is 0 Å². The van der Waals surface area contributed by atoms with Gasteiger partial charge in [-0.15, -0.1) is 4.72 Å². The molecule has 1 aromatic rings. The quantitative estimate of drug-likeness (QED) is 0.441. The first kappa shape index (κ1) is 26.5. The Kier molecular flexibility index (Phi) is 8.33. The Balaban J connectivity index is 1.87. The molecule has 2 unspecified atom stereocenters. The first-order chi connectivity index (χ1) is 15.9. The second-order valence-corrected chi connectivity index (χ2v) is 11.6. The van der Waals surface area contributed by atoms with Crippen LogP contribution in [0.3, 0.4) is 0 Å². The number of imide groups is 2. The average molecular weight is 500 g/mol. The lowest BCUT2D eigenvalue weighted by atomic mass is 9.90. The molecule has 0 saturated carbocycles. The molecule has 4 amide bonds. The molecule has 2 aliphatic rings. The van der Waals surface area contributed by atoms with Crippen molar-refractivity contribution >= 4 is 29.2 Å². The van der Waals surface area contributed by atoms with Crippen LogP contribution in [0.25, 0.3) is 0 Å². The molecule has 0 spiro atoms. The van der Waals surface area contributed by atoms with Crippen molar-refractivity contribution in [3.8, 4) is 0 Å². The molecule has 11 heteroatoms. The van der Waals surface area contributed by atoms with E-state index in [0.29, 0.717) is 31.6 Å². The normalized spacial score (nSPS) is 23.0. The van der Waals surface area contributed by atoms with E-state index in [2.05, 4.69) is 10.0 Å². The van der Waals surface area contributed by atoms with Crippen LogP contribution in [0.2, 0.25) is 0 Å². The summed E-state index contributed by atoms with van der Waals surface area (Å²) in [5.41, 5.74) is 0.617. The smallest absolute Gasteiger partial charge is 0.331 e. The van der Waals surface area contributed by atoms with Gasteiger partial charge in [0, 0.05) is 42.6 Å². The van der Waals surface area contributed by atoms with Crippen molar-refractivity contribution in [2.45, 2.75) is 70.0 Å². The van der Waals surface area contributed by atoms with Crippen molar-refractivity contribution in [2.24, 2.45) is 5.92 Å². The van der Waals surface area contributed by atoms with E-state index in [4.69, 9.17) is 4.74 Å². The fourth-order valence-corrected chi connectivity index (χ4v) is 4.88. The number of benzene rings is 1. The molecule has 1 aromatic carbocycles. The van der Waals surface area contributed by atoms with Gasteiger partial charge in [0.15, 0.2) is 0 Å². The topological polar surface area (TPSA) is 111 Å². The number of barbiturate groups is 1. The highest BCUT2D eigenvalue weighted by molar-refractivity contribution is 7.90. The molecule has 2 saturated heterocycles. The largest absolute Gasteiger partial charge is 0.598 e. The predicted octanol–water partition coefficient (Wildman–Crippen LogP) is 2.83. The van der Waals surface area contributed by atoms with Gasteiger partial charge in [-0.2, -0.15) is 0 Å². The van der Waals surface area contributed by atoms with E-state index in [1.54, 1.807) is 27.7 Å². The van der Waals surface area contributed by atoms with E-state index < -0.39 is 70.4 Å². The molecule has 2 fully saturated rings. The lowest BCUT2D eigenvalue weighted by molar-refractivity contribution is -0.146. The molecule has 0 radical (unpaired) electrons. The van der Waals surface area contributed by atoms with Crippen molar-refractivity contribution in [1.82, 2.24) is 14.9 Å². The third-order valence-electron chi connectivity index (χ3n) is 5.96. The summed E-state index contributed by atoms with van der Waals surface area (Å²) in [7, 11) is 0. The van der Waals surface area contributed by atoms with E-state index in [1.165, 1.54) is 18.2 Å². The summed E-state index contributed by atoms with van der Waals surface area (Å²) in [4.78, 5) is 39.0. The van der Waals surface area contributed by atoms with Crippen LogP contribution in [0.15, 0.2) is 18.2 Å². The molecule has 4 atom stereocenters. The molecule has 188 valence electrons. The van der Waals surface area contributed by atoms with E-state index in [0.717, 1.165) is 4.90 Å². The number of amides is 4. The highest BCUT2D eigenvalue weighted by Crippen LogP contribution is 2.32. The number of carbonyl (C=O) groups is 3. The van der Waals surface area contributed by atoms with Crippen LogP contribution in [0.1, 0.15) is 57.2 Å². The van der Waals surface area contributed by atoms with Crippen LogP contribution in [-0.4, -0.2) is 57.5 Å². The van der Waals surface area contributed by atoms with E-state index in [9.17, 15) is 23.3 Å². The molecule has 0 bridgehead atoms. The Morgan fingerprint density at radius 2 is 1.91 bits per heavy atom. The predicted molar refractivity (Wildman–Crippen MR) is 122 cm³/mol. The SMILES string of the molecule is Cc1ccc(F)c([C@@H](N[S+]([O-])C(C)(C)C)[C@H](F)CC2C(=O)NC(=O)N(C3CCOCC3)C2=O)c1. The zero-order valence-electron chi connectivity index (χ0n) is 19.7. The number of urea groups is 1. The summed E-state index contributed by atoms with van der Waals surface area (Å²) in [6.07, 6.45) is -1.72. The van der Waals surface area contributed by atoms with Crippen LogP contribution in [0.4, 0.5) is 13.6 Å². The maximum Gasteiger partial charge on any atom is 0.331 e. The number of halogens is 2. The summed E-state index contributed by atoms with van der Waals surface area (Å²) in [5, 5.41) is 2.14. The molecule has 0 aromatic heterocycles. The monoisotopic (exact) mass is 499 g/mol. The second-order valence-electron chi connectivity index (χ2n) is 9.65. The number of hydrogen-bond donors (Lipinski definition) is 2. The van der Waals surface area contributed by atoms with Crippen LogP contribution >= 0.6 is 0 Å². The minimum absolute atomic E-state index is 0.0499. The van der Waals surface area contributed by atoms with E-state index in [1.807, 2.05) is 0 Å². The summed E-state index contributed by atoms with van der Waals surface area (Å²) in [6.45, 7) is 7.49. The van der Waals surface area contributed by atoms with Gasteiger partial charge in [0.2, 0.25) is 11.8 Å². The first-order valence-electron chi connectivity index (χ1n) is 11.2. The lowest BCUT2D eigenvalue weighted by Crippen LogP contribution is -2.62. The third-order valence-corrected chi connectivity index (χ3v) is 7.54. The van der Waals surface area contributed by atoms with Crippen LogP contribution < -0.4 is 10.0 Å². The van der Waals surface area contributed by atoms with Gasteiger partial charge in [0.25, 0.3) is 0 Å². The van der Waals surface area contributed by atoms with Crippen molar-refractivity contribution in [2.75, 3.05) is 13.2 Å². The molecule has 34 heavy (non-hydrogen) atoms. The molecular weight excluding hydrogens is 468 g/mol. The van der Waals surface area contributed by atoms with E-state index in [-0.39, 0.29) is 5.56 Å². The van der Waals surface area contributed by atoms with Crippen molar-refractivity contribution in [1.29, 1.82) is 0 Å². The number of nitrogens with zero attached hydrogens (tertiary/aromatic N) is 1. The highest BCUT2D eigenvalue weighted by atomic mass is 32.2. The number of carbonyl (C=O) groups excluding carboxylic acids is 3. The van der Waals surface area contributed by atoms with Gasteiger partial charge >= 0.3 is 6.03 Å². The molecule has 2 heterocycles. The number of alkyl halides is 1. The Hall–Kier alpha value is -2.08. The molecule has 3 rings (SSSR count). The van der Waals surface area contributed by atoms with Crippen LogP contribution in [0, 0.1) is 18.7 Å². The average Bonchev–Trinajstić information content (AvgIpc) is 2.76. The highest BCUT2D eigenvalue weighted by Gasteiger charge is 2.46. The van der Waals surface area contributed by atoms with Crippen LogP contribution in [-0.2, 0) is 25.7 Å². The number of hydrogen-bond acceptors (Lipinski definition) is 6. The summed E-state index contributed by atoms with van der Waals surface area (Å²) in [5.74, 6) is -3.86. The lowest BCUT2D eigenvalue weighted by Gasteiger charge is -2.38. The molecule has 2 N–H and O–H groups in total. The third kappa shape index (κ3) is 5.94. The summed E-state index contributed by atoms with van der Waals surface area (Å²) in [6, 6.07) is 1.50. The minimum Gasteiger partial charge on any atom is -0.598 e. The summed E-state index contributed by atoms with van der Waals surface area (Å²) < 4.78 is 50.4. The Morgan fingerprint density at radius 3 is 2.53 bits per heavy atom. The van der Waals surface area contributed by atoms with Crippen molar-refractivity contribution < 1.29 is 32.5 Å². The maximum absolute atomic E-state index is 15.8. The van der Waals surface area contributed by atoms with Crippen molar-refractivity contribution in [3.05, 3.63) is 35.1 Å². The first-order valence-corrected chi connectivity index (χ1v) is 12.4. The second kappa shape index (κ2) is 10.7. The van der Waals surface area contributed by atoms with Gasteiger partial charge in [-0.25, -0.2) is 13.6 Å². The van der Waals surface area contributed by atoms with Gasteiger partial charge in [0.1, 0.15) is 28.7 Å². The fourth-order valence-electron chi connectivity index (χ4n) is 4.02. The van der Waals surface area contributed by atoms with Gasteiger partial charge in [-0.3, -0.25) is 19.8 Å². The zero-order valence-corrected chi connectivity index (χ0v) is 20.5. The molecular formula is C23H31F2N3O5S. The number of ether oxygens (including phenoxy) is 1. The Morgan fingerprint density at radius 1 is 1.26 bits per heavy atom. The minimum atomic E-state index is -1.95. The van der Waals surface area contributed by atoms with Gasteiger partial charge in [-0.05, 0) is 46.6 Å². The van der Waals surface area contributed by atoms with Crippen LogP contribution in [0.5, 0.6) is 0 Å². The number of aryl methyl sites for hydroxylation is 1. The maximum atomic E-state index is 15.8.